The molecule has 0 aliphatic heterocycles. The summed E-state index contributed by atoms with van der Waals surface area (Å²) >= 11 is 3.44. The van der Waals surface area contributed by atoms with Gasteiger partial charge in [-0.1, -0.05) is 48.2 Å². The van der Waals surface area contributed by atoms with E-state index >= 15 is 0 Å². The molecule has 35 heavy (non-hydrogen) atoms. The van der Waals surface area contributed by atoms with E-state index in [2.05, 4.69) is 57.2 Å². The van der Waals surface area contributed by atoms with E-state index in [-0.39, 0.29) is 11.7 Å². The van der Waals surface area contributed by atoms with Crippen molar-refractivity contribution in [3.8, 4) is 11.5 Å². The van der Waals surface area contributed by atoms with Gasteiger partial charge in [-0.2, -0.15) is 5.10 Å². The zero-order valence-corrected chi connectivity index (χ0v) is 22.3. The van der Waals surface area contributed by atoms with Gasteiger partial charge in [-0.05, 0) is 77.4 Å². The van der Waals surface area contributed by atoms with Gasteiger partial charge < -0.3 is 13.9 Å². The highest BCUT2D eigenvalue weighted by molar-refractivity contribution is 14.1. The number of aromatic nitrogens is 1. The fourth-order valence-corrected chi connectivity index (χ4v) is 4.65. The number of aryl methyl sites for hydroxylation is 1. The molecule has 0 fully saturated rings. The molecule has 7 nitrogen and oxygen atoms in total. The molecule has 0 atom stereocenters. The Morgan fingerprint density at radius 1 is 1.17 bits per heavy atom. The first-order valence-corrected chi connectivity index (χ1v) is 13.0. The number of oxazole rings is 1. The minimum absolute atomic E-state index is 0.136. The molecule has 0 bridgehead atoms. The standard InChI is InChI=1S/C26H24IN3O4S/c1-3-32-23-13-18(12-20(27)25(23)33-15-19-9-5-4-8-17(19)2)14-28-30-24(31)16-35-26-29-21-10-6-7-11-22(21)34-26/h4-14H,3,15-16H2,1-2H3,(H,30,31)/b28-14-. The van der Waals surface area contributed by atoms with Crippen LogP contribution in [0.2, 0.25) is 0 Å². The molecule has 4 aromatic rings. The highest BCUT2D eigenvalue weighted by atomic mass is 127. The Balaban J connectivity index is 1.36. The highest BCUT2D eigenvalue weighted by Crippen LogP contribution is 2.34. The lowest BCUT2D eigenvalue weighted by Crippen LogP contribution is -2.19. The van der Waals surface area contributed by atoms with Crippen LogP contribution in [-0.4, -0.2) is 29.5 Å². The quantitative estimate of drug-likeness (QED) is 0.105. The molecule has 9 heteroatoms. The van der Waals surface area contributed by atoms with Gasteiger partial charge in [-0.15, -0.1) is 0 Å². The number of ether oxygens (including phenoxy) is 2. The SMILES string of the molecule is CCOc1cc(/C=N\NC(=O)CSc2nc3ccccc3o2)cc(I)c1OCc1ccccc1C. The second-order valence-corrected chi connectivity index (χ2v) is 9.60. The normalized spacial score (nSPS) is 11.2. The van der Waals surface area contributed by atoms with Gasteiger partial charge in [-0.25, -0.2) is 10.4 Å². The summed E-state index contributed by atoms with van der Waals surface area (Å²) in [5, 5.41) is 4.53. The van der Waals surface area contributed by atoms with Gasteiger partial charge >= 0.3 is 0 Å². The second-order valence-electron chi connectivity index (χ2n) is 7.51. The van der Waals surface area contributed by atoms with Gasteiger partial charge in [0.05, 0.1) is 22.1 Å². The number of fused-ring (bicyclic) bond motifs is 1. The summed E-state index contributed by atoms with van der Waals surface area (Å²) in [5.41, 5.74) is 7.08. The predicted molar refractivity (Wildman–Crippen MR) is 146 cm³/mol. The number of benzene rings is 3. The van der Waals surface area contributed by atoms with Crippen molar-refractivity contribution in [3.05, 3.63) is 80.9 Å². The number of para-hydroxylation sites is 2. The molecule has 1 N–H and O–H groups in total. The largest absolute Gasteiger partial charge is 0.490 e. The Bertz CT molecular complexity index is 1320. The number of rotatable bonds is 10. The van der Waals surface area contributed by atoms with E-state index in [0.717, 1.165) is 20.2 Å². The van der Waals surface area contributed by atoms with Gasteiger partial charge in [0.1, 0.15) is 12.1 Å². The molecule has 4 rings (SSSR count). The summed E-state index contributed by atoms with van der Waals surface area (Å²) in [7, 11) is 0. The molecule has 0 saturated carbocycles. The van der Waals surface area contributed by atoms with Crippen LogP contribution in [0.4, 0.5) is 0 Å². The molecule has 0 aliphatic carbocycles. The highest BCUT2D eigenvalue weighted by Gasteiger charge is 2.13. The topological polar surface area (TPSA) is 86.0 Å². The Kier molecular flexibility index (Phi) is 8.64. The molecule has 0 aliphatic rings. The number of carbonyl (C=O) groups excluding carboxylic acids is 1. The Morgan fingerprint density at radius 2 is 1.97 bits per heavy atom. The van der Waals surface area contributed by atoms with Crippen molar-refractivity contribution >= 4 is 57.6 Å². The number of hydrazone groups is 1. The summed E-state index contributed by atoms with van der Waals surface area (Å²) in [6, 6.07) is 19.4. The molecule has 0 unspecified atom stereocenters. The van der Waals surface area contributed by atoms with E-state index in [9.17, 15) is 4.79 Å². The lowest BCUT2D eigenvalue weighted by Gasteiger charge is -2.15. The Labute approximate surface area is 221 Å². The second kappa shape index (κ2) is 12.1. The first-order valence-electron chi connectivity index (χ1n) is 11.0. The Morgan fingerprint density at radius 3 is 2.77 bits per heavy atom. The van der Waals surface area contributed by atoms with E-state index in [1.165, 1.54) is 17.3 Å². The summed E-state index contributed by atoms with van der Waals surface area (Å²) in [6.07, 6.45) is 1.58. The van der Waals surface area contributed by atoms with Crippen molar-refractivity contribution in [2.45, 2.75) is 25.7 Å². The van der Waals surface area contributed by atoms with E-state index in [4.69, 9.17) is 13.9 Å². The lowest BCUT2D eigenvalue weighted by molar-refractivity contribution is -0.118. The summed E-state index contributed by atoms with van der Waals surface area (Å²) in [5.74, 6) is 1.20. The third kappa shape index (κ3) is 6.76. The van der Waals surface area contributed by atoms with Crippen molar-refractivity contribution < 1.29 is 18.7 Å². The third-order valence-corrected chi connectivity index (χ3v) is 6.60. The molecule has 0 spiro atoms. The zero-order chi connectivity index (χ0) is 24.6. The first-order chi connectivity index (χ1) is 17.0. The third-order valence-electron chi connectivity index (χ3n) is 4.97. The van der Waals surface area contributed by atoms with E-state index in [1.807, 2.05) is 55.5 Å². The van der Waals surface area contributed by atoms with Crippen LogP contribution in [0.3, 0.4) is 0 Å². The molecular formula is C26H24IN3O4S. The monoisotopic (exact) mass is 601 g/mol. The average molecular weight is 601 g/mol. The summed E-state index contributed by atoms with van der Waals surface area (Å²) in [6.45, 7) is 4.94. The number of nitrogens with one attached hydrogen (secondary N) is 1. The Hall–Kier alpha value is -3.05. The zero-order valence-electron chi connectivity index (χ0n) is 19.3. The number of nitrogens with zero attached hydrogens (tertiary/aromatic N) is 2. The van der Waals surface area contributed by atoms with E-state index in [1.54, 1.807) is 6.21 Å². The van der Waals surface area contributed by atoms with Crippen LogP contribution >= 0.6 is 34.4 Å². The summed E-state index contributed by atoms with van der Waals surface area (Å²) in [4.78, 5) is 16.5. The molecule has 3 aromatic carbocycles. The summed E-state index contributed by atoms with van der Waals surface area (Å²) < 4.78 is 18.4. The van der Waals surface area contributed by atoms with Crippen molar-refractivity contribution in [3.63, 3.8) is 0 Å². The average Bonchev–Trinajstić information content (AvgIpc) is 3.27. The van der Waals surface area contributed by atoms with Gasteiger partial charge in [0.25, 0.3) is 11.1 Å². The van der Waals surface area contributed by atoms with Crippen LogP contribution in [0.5, 0.6) is 11.5 Å². The fourth-order valence-electron chi connectivity index (χ4n) is 3.24. The van der Waals surface area contributed by atoms with Crippen LogP contribution in [-0.2, 0) is 11.4 Å². The maximum atomic E-state index is 12.2. The number of carbonyl (C=O) groups is 1. The molecule has 1 amide bonds. The predicted octanol–water partition coefficient (Wildman–Crippen LogP) is 5.96. The van der Waals surface area contributed by atoms with Crippen molar-refractivity contribution in [2.75, 3.05) is 12.4 Å². The molecular weight excluding hydrogens is 577 g/mol. The minimum Gasteiger partial charge on any atom is -0.490 e. The van der Waals surface area contributed by atoms with Crippen LogP contribution < -0.4 is 14.9 Å². The van der Waals surface area contributed by atoms with E-state index in [0.29, 0.717) is 35.5 Å². The van der Waals surface area contributed by atoms with Crippen LogP contribution in [0.25, 0.3) is 11.1 Å². The van der Waals surface area contributed by atoms with Crippen LogP contribution in [0.15, 0.2) is 75.4 Å². The molecule has 1 heterocycles. The molecule has 0 radical (unpaired) electrons. The fraction of sp³-hybridized carbons (Fsp3) is 0.192. The number of thioether (sulfide) groups is 1. The van der Waals surface area contributed by atoms with Crippen molar-refractivity contribution in [1.29, 1.82) is 0 Å². The number of halogens is 1. The van der Waals surface area contributed by atoms with Gasteiger partial charge in [0.2, 0.25) is 0 Å². The number of hydrogen-bond donors (Lipinski definition) is 1. The molecule has 180 valence electrons. The first kappa shape index (κ1) is 25.1. The lowest BCUT2D eigenvalue weighted by atomic mass is 10.1. The van der Waals surface area contributed by atoms with Crippen LogP contribution in [0.1, 0.15) is 23.6 Å². The van der Waals surface area contributed by atoms with Crippen molar-refractivity contribution in [1.82, 2.24) is 10.4 Å². The maximum absolute atomic E-state index is 12.2. The van der Waals surface area contributed by atoms with Gasteiger partial charge in [0.15, 0.2) is 17.1 Å². The van der Waals surface area contributed by atoms with E-state index < -0.39 is 0 Å². The number of amides is 1. The van der Waals surface area contributed by atoms with Crippen LogP contribution in [0, 0.1) is 10.5 Å². The molecule has 1 aromatic heterocycles. The van der Waals surface area contributed by atoms with Gasteiger partial charge in [0, 0.05) is 0 Å². The smallest absolute Gasteiger partial charge is 0.257 e. The maximum Gasteiger partial charge on any atom is 0.257 e. The van der Waals surface area contributed by atoms with Gasteiger partial charge in [-0.3, -0.25) is 4.79 Å². The van der Waals surface area contributed by atoms with Crippen molar-refractivity contribution in [2.24, 2.45) is 5.10 Å². The minimum atomic E-state index is -0.258. The molecule has 0 saturated heterocycles. The number of hydrogen-bond acceptors (Lipinski definition) is 7.